The maximum atomic E-state index is 4.43. The molecule has 1 saturated carbocycles. The molecule has 0 saturated heterocycles. The molecule has 0 spiro atoms. The third kappa shape index (κ3) is 2.61. The molecule has 3 heterocycles. The first kappa shape index (κ1) is 15.0. The summed E-state index contributed by atoms with van der Waals surface area (Å²) in [4.78, 5) is 8.70. The van der Waals surface area contributed by atoms with Crippen LogP contribution in [0.5, 0.6) is 0 Å². The molecule has 0 aliphatic heterocycles. The van der Waals surface area contributed by atoms with E-state index in [9.17, 15) is 0 Å². The van der Waals surface area contributed by atoms with Crippen LogP contribution in [-0.2, 0) is 13.6 Å². The first-order valence-corrected chi connectivity index (χ1v) is 8.50. The van der Waals surface area contributed by atoms with E-state index < -0.39 is 0 Å². The molecular weight excluding hydrogens is 304 g/mol. The highest BCUT2D eigenvalue weighted by atomic mass is 15.3. The molecule has 1 aliphatic rings. The number of fused-ring (bicyclic) bond motifs is 1. The summed E-state index contributed by atoms with van der Waals surface area (Å²) in [6.07, 6.45) is 9.77. The summed E-state index contributed by atoms with van der Waals surface area (Å²) in [6.45, 7) is 2.57. The SMILES string of the molecule is Cc1nn(C)c2ncnc(NCc3nncn3C3CCCCC3)c12. The van der Waals surface area contributed by atoms with E-state index in [1.807, 2.05) is 20.3 Å². The van der Waals surface area contributed by atoms with Gasteiger partial charge < -0.3 is 9.88 Å². The van der Waals surface area contributed by atoms with Gasteiger partial charge in [-0.1, -0.05) is 19.3 Å². The van der Waals surface area contributed by atoms with E-state index in [1.165, 1.54) is 32.1 Å². The van der Waals surface area contributed by atoms with Crippen LogP contribution < -0.4 is 5.32 Å². The second-order valence-corrected chi connectivity index (χ2v) is 6.43. The minimum atomic E-state index is 0.524. The van der Waals surface area contributed by atoms with Gasteiger partial charge >= 0.3 is 0 Å². The summed E-state index contributed by atoms with van der Waals surface area (Å²) in [5.41, 5.74) is 1.75. The Labute approximate surface area is 140 Å². The van der Waals surface area contributed by atoms with Crippen LogP contribution in [0.4, 0.5) is 5.82 Å². The summed E-state index contributed by atoms with van der Waals surface area (Å²) in [5, 5.41) is 17.2. The zero-order valence-electron chi connectivity index (χ0n) is 14.1. The Balaban J connectivity index is 1.57. The summed E-state index contributed by atoms with van der Waals surface area (Å²) < 4.78 is 4.00. The lowest BCUT2D eigenvalue weighted by Gasteiger charge is -2.24. The number of rotatable bonds is 4. The molecule has 0 bridgehead atoms. The fourth-order valence-electron chi connectivity index (χ4n) is 3.63. The van der Waals surface area contributed by atoms with Gasteiger partial charge in [0, 0.05) is 13.1 Å². The highest BCUT2D eigenvalue weighted by Crippen LogP contribution is 2.29. The van der Waals surface area contributed by atoms with Gasteiger partial charge in [0.25, 0.3) is 0 Å². The second-order valence-electron chi connectivity index (χ2n) is 6.43. The van der Waals surface area contributed by atoms with Gasteiger partial charge in [-0.05, 0) is 19.8 Å². The molecule has 1 aliphatic carbocycles. The third-order valence-corrected chi connectivity index (χ3v) is 4.82. The van der Waals surface area contributed by atoms with Crippen LogP contribution in [0, 0.1) is 6.92 Å². The average Bonchev–Trinajstić information content (AvgIpc) is 3.19. The first-order chi connectivity index (χ1) is 11.7. The van der Waals surface area contributed by atoms with Crippen molar-refractivity contribution in [3.8, 4) is 0 Å². The largest absolute Gasteiger partial charge is 0.362 e. The molecular formula is C16H22N8. The van der Waals surface area contributed by atoms with E-state index >= 15 is 0 Å². The molecule has 4 rings (SSSR count). The molecule has 3 aromatic heterocycles. The molecule has 0 atom stereocenters. The van der Waals surface area contributed by atoms with Crippen molar-refractivity contribution in [3.63, 3.8) is 0 Å². The fourth-order valence-corrected chi connectivity index (χ4v) is 3.63. The minimum Gasteiger partial charge on any atom is -0.362 e. The second kappa shape index (κ2) is 6.18. The molecule has 8 nitrogen and oxygen atoms in total. The van der Waals surface area contributed by atoms with Gasteiger partial charge in [-0.15, -0.1) is 10.2 Å². The highest BCUT2D eigenvalue weighted by Gasteiger charge is 2.19. The smallest absolute Gasteiger partial charge is 0.163 e. The van der Waals surface area contributed by atoms with Crippen molar-refractivity contribution < 1.29 is 0 Å². The zero-order chi connectivity index (χ0) is 16.5. The maximum absolute atomic E-state index is 4.43. The van der Waals surface area contributed by atoms with E-state index in [-0.39, 0.29) is 0 Å². The summed E-state index contributed by atoms with van der Waals surface area (Å²) in [7, 11) is 1.89. The fraction of sp³-hybridized carbons (Fsp3) is 0.562. The monoisotopic (exact) mass is 326 g/mol. The molecule has 0 amide bonds. The number of hydrogen-bond acceptors (Lipinski definition) is 6. The summed E-state index contributed by atoms with van der Waals surface area (Å²) >= 11 is 0. The Morgan fingerprint density at radius 1 is 1.21 bits per heavy atom. The van der Waals surface area contributed by atoms with Crippen LogP contribution in [0.3, 0.4) is 0 Å². The molecule has 3 aromatic rings. The Kier molecular flexibility index (Phi) is 3.87. The van der Waals surface area contributed by atoms with Crippen LogP contribution in [0.25, 0.3) is 11.0 Å². The molecule has 1 N–H and O–H groups in total. The predicted molar refractivity (Wildman–Crippen MR) is 90.5 cm³/mol. The molecule has 0 aromatic carbocycles. The van der Waals surface area contributed by atoms with Crippen molar-refractivity contribution >= 4 is 16.9 Å². The van der Waals surface area contributed by atoms with Gasteiger partial charge in [0.1, 0.15) is 18.5 Å². The average molecular weight is 326 g/mol. The van der Waals surface area contributed by atoms with Gasteiger partial charge in [-0.3, -0.25) is 4.68 Å². The number of nitrogens with zero attached hydrogens (tertiary/aromatic N) is 7. The summed E-state index contributed by atoms with van der Waals surface area (Å²) in [5.74, 6) is 1.75. The van der Waals surface area contributed by atoms with Crippen LogP contribution in [-0.4, -0.2) is 34.5 Å². The van der Waals surface area contributed by atoms with E-state index in [0.29, 0.717) is 12.6 Å². The quantitative estimate of drug-likeness (QED) is 0.792. The molecule has 0 unspecified atom stereocenters. The molecule has 8 heteroatoms. The van der Waals surface area contributed by atoms with Crippen LogP contribution in [0.2, 0.25) is 0 Å². The lowest BCUT2D eigenvalue weighted by atomic mass is 9.95. The Hall–Kier alpha value is -2.51. The number of hydrogen-bond donors (Lipinski definition) is 1. The zero-order valence-corrected chi connectivity index (χ0v) is 14.1. The van der Waals surface area contributed by atoms with Crippen molar-refractivity contribution in [2.45, 2.75) is 51.6 Å². The van der Waals surface area contributed by atoms with E-state index in [1.54, 1.807) is 11.0 Å². The van der Waals surface area contributed by atoms with E-state index in [0.717, 1.165) is 28.4 Å². The minimum absolute atomic E-state index is 0.524. The van der Waals surface area contributed by atoms with Crippen LogP contribution in [0.1, 0.15) is 49.7 Å². The summed E-state index contributed by atoms with van der Waals surface area (Å²) in [6, 6.07) is 0.524. The van der Waals surface area contributed by atoms with Crippen molar-refractivity contribution in [1.82, 2.24) is 34.5 Å². The Bertz CT molecular complexity index is 843. The number of aromatic nitrogens is 7. The maximum Gasteiger partial charge on any atom is 0.163 e. The molecule has 0 radical (unpaired) electrons. The normalized spacial score (nSPS) is 15.9. The number of anilines is 1. The molecule has 1 fully saturated rings. The molecule has 24 heavy (non-hydrogen) atoms. The lowest BCUT2D eigenvalue weighted by molar-refractivity contribution is 0.346. The Morgan fingerprint density at radius 3 is 2.88 bits per heavy atom. The van der Waals surface area contributed by atoms with Gasteiger partial charge in [0.2, 0.25) is 0 Å². The van der Waals surface area contributed by atoms with Crippen LogP contribution >= 0.6 is 0 Å². The number of aryl methyl sites for hydroxylation is 2. The van der Waals surface area contributed by atoms with Gasteiger partial charge in [-0.25, -0.2) is 9.97 Å². The van der Waals surface area contributed by atoms with Crippen molar-refractivity contribution in [2.24, 2.45) is 7.05 Å². The van der Waals surface area contributed by atoms with Gasteiger partial charge in [-0.2, -0.15) is 5.10 Å². The highest BCUT2D eigenvalue weighted by molar-refractivity contribution is 5.88. The van der Waals surface area contributed by atoms with E-state index in [2.05, 4.69) is 35.1 Å². The Morgan fingerprint density at radius 2 is 2.04 bits per heavy atom. The predicted octanol–water partition coefficient (Wildman–Crippen LogP) is 2.38. The van der Waals surface area contributed by atoms with Crippen molar-refractivity contribution in [1.29, 1.82) is 0 Å². The van der Waals surface area contributed by atoms with Gasteiger partial charge in [0.05, 0.1) is 17.6 Å². The van der Waals surface area contributed by atoms with Gasteiger partial charge in [0.15, 0.2) is 11.5 Å². The first-order valence-electron chi connectivity index (χ1n) is 8.50. The van der Waals surface area contributed by atoms with E-state index in [4.69, 9.17) is 0 Å². The third-order valence-electron chi connectivity index (χ3n) is 4.82. The number of nitrogens with one attached hydrogen (secondary N) is 1. The van der Waals surface area contributed by atoms with Crippen molar-refractivity contribution in [2.75, 3.05) is 5.32 Å². The standard InChI is InChI=1S/C16H22N8/c1-11-14-15(18-9-19-16(14)23(2)22-11)17-8-13-21-20-10-24(13)12-6-4-3-5-7-12/h9-10,12H,3-8H2,1-2H3,(H,17,18,19). The van der Waals surface area contributed by atoms with Crippen LogP contribution in [0.15, 0.2) is 12.7 Å². The topological polar surface area (TPSA) is 86.3 Å². The lowest BCUT2D eigenvalue weighted by Crippen LogP contribution is -2.17. The van der Waals surface area contributed by atoms with Crippen molar-refractivity contribution in [3.05, 3.63) is 24.2 Å². The molecule has 126 valence electrons.